The van der Waals surface area contributed by atoms with Gasteiger partial charge in [0.25, 0.3) is 0 Å². The minimum atomic E-state index is -0.334. The molecule has 0 spiro atoms. The number of halogens is 1. The molecule has 2 heterocycles. The second kappa shape index (κ2) is 7.43. The van der Waals surface area contributed by atoms with Crippen molar-refractivity contribution in [3.8, 4) is 0 Å². The number of aromatic nitrogens is 2. The first-order valence-electron chi connectivity index (χ1n) is 9.70. The number of carbonyl (C=O) groups is 1. The molecule has 0 N–H and O–H groups in total. The predicted octanol–water partition coefficient (Wildman–Crippen LogP) is 4.29. The Hall–Kier alpha value is -1.81. The van der Waals surface area contributed by atoms with E-state index < -0.39 is 0 Å². The lowest BCUT2D eigenvalue weighted by molar-refractivity contribution is -0.138. The van der Waals surface area contributed by atoms with Crippen LogP contribution in [-0.2, 0) is 16.8 Å². The zero-order valence-electron chi connectivity index (χ0n) is 15.1. The van der Waals surface area contributed by atoms with Gasteiger partial charge < -0.3 is 4.90 Å². The molecule has 1 aliphatic heterocycles. The molecule has 2 aliphatic rings. The maximum Gasteiger partial charge on any atom is 0.233 e. The summed E-state index contributed by atoms with van der Waals surface area (Å²) in [7, 11) is 0. The second-order valence-electron chi connectivity index (χ2n) is 7.76. The first-order valence-corrected chi connectivity index (χ1v) is 10.1. The van der Waals surface area contributed by atoms with Crippen molar-refractivity contribution < 1.29 is 4.79 Å². The van der Waals surface area contributed by atoms with Crippen LogP contribution in [0.5, 0.6) is 0 Å². The van der Waals surface area contributed by atoms with Gasteiger partial charge in [0.15, 0.2) is 0 Å². The number of rotatable bonds is 4. The Morgan fingerprint density at radius 2 is 1.85 bits per heavy atom. The molecule has 138 valence electrons. The van der Waals surface area contributed by atoms with Crippen LogP contribution in [0, 0.1) is 5.92 Å². The number of nitrogens with zero attached hydrogens (tertiary/aromatic N) is 3. The van der Waals surface area contributed by atoms with E-state index in [0.29, 0.717) is 11.8 Å². The Kier molecular flexibility index (Phi) is 5.03. The number of likely N-dealkylation sites (tertiary alicyclic amines) is 1. The van der Waals surface area contributed by atoms with Crippen molar-refractivity contribution in [1.29, 1.82) is 0 Å². The van der Waals surface area contributed by atoms with Crippen LogP contribution in [0.4, 0.5) is 0 Å². The summed E-state index contributed by atoms with van der Waals surface area (Å²) in [6.45, 7) is 2.68. The Morgan fingerprint density at radius 1 is 1.15 bits per heavy atom. The molecule has 1 aromatic carbocycles. The summed E-state index contributed by atoms with van der Waals surface area (Å²) in [5.41, 5.74) is 0.808. The van der Waals surface area contributed by atoms with Gasteiger partial charge in [-0.2, -0.15) is 5.10 Å². The van der Waals surface area contributed by atoms with E-state index in [1.807, 2.05) is 35.3 Å². The molecular weight excluding hydrogens is 346 g/mol. The molecule has 0 bridgehead atoms. The number of benzene rings is 1. The number of hydrogen-bond acceptors (Lipinski definition) is 2. The van der Waals surface area contributed by atoms with Gasteiger partial charge in [-0.1, -0.05) is 36.6 Å². The highest BCUT2D eigenvalue weighted by Gasteiger charge is 2.45. The first kappa shape index (κ1) is 17.6. The molecule has 2 fully saturated rings. The summed E-state index contributed by atoms with van der Waals surface area (Å²) in [6.07, 6.45) is 10.1. The molecule has 26 heavy (non-hydrogen) atoms. The summed E-state index contributed by atoms with van der Waals surface area (Å²) >= 11 is 6.06. The highest BCUT2D eigenvalue weighted by Crippen LogP contribution is 2.43. The van der Waals surface area contributed by atoms with E-state index in [2.05, 4.69) is 22.1 Å². The van der Waals surface area contributed by atoms with Crippen molar-refractivity contribution >= 4 is 17.5 Å². The Labute approximate surface area is 160 Å². The SMILES string of the molecule is O=C(N1CCC(Cn2cccn2)CC1)C1(c2ccc(Cl)cc2)CCCC1. The van der Waals surface area contributed by atoms with Crippen molar-refractivity contribution in [3.05, 3.63) is 53.3 Å². The van der Waals surface area contributed by atoms with E-state index in [-0.39, 0.29) is 5.41 Å². The summed E-state index contributed by atoms with van der Waals surface area (Å²) < 4.78 is 2.01. The molecule has 0 radical (unpaired) electrons. The lowest BCUT2D eigenvalue weighted by atomic mass is 9.77. The van der Waals surface area contributed by atoms with Gasteiger partial charge in [0, 0.05) is 37.1 Å². The van der Waals surface area contributed by atoms with Crippen LogP contribution in [0.15, 0.2) is 42.7 Å². The lowest BCUT2D eigenvalue weighted by Gasteiger charge is -2.39. The van der Waals surface area contributed by atoms with Crippen molar-refractivity contribution in [2.24, 2.45) is 5.92 Å². The fourth-order valence-corrected chi connectivity index (χ4v) is 4.79. The van der Waals surface area contributed by atoms with Crippen LogP contribution in [0.1, 0.15) is 44.1 Å². The molecule has 1 aliphatic carbocycles. The van der Waals surface area contributed by atoms with Gasteiger partial charge in [-0.15, -0.1) is 0 Å². The molecule has 2 aromatic rings. The summed E-state index contributed by atoms with van der Waals surface area (Å²) in [5, 5.41) is 5.04. The average molecular weight is 372 g/mol. The van der Waals surface area contributed by atoms with E-state index in [1.54, 1.807) is 0 Å². The van der Waals surface area contributed by atoms with Crippen LogP contribution in [0.25, 0.3) is 0 Å². The molecule has 0 atom stereocenters. The Balaban J connectivity index is 1.45. The molecule has 1 saturated carbocycles. The molecule has 1 aromatic heterocycles. The van der Waals surface area contributed by atoms with Gasteiger partial charge in [-0.3, -0.25) is 9.48 Å². The summed E-state index contributed by atoms with van der Waals surface area (Å²) in [5.74, 6) is 0.934. The Morgan fingerprint density at radius 3 is 2.46 bits per heavy atom. The van der Waals surface area contributed by atoms with Gasteiger partial charge in [0.1, 0.15) is 0 Å². The van der Waals surface area contributed by atoms with Crippen molar-refractivity contribution in [1.82, 2.24) is 14.7 Å². The van der Waals surface area contributed by atoms with Gasteiger partial charge in [-0.05, 0) is 55.4 Å². The van der Waals surface area contributed by atoms with Crippen LogP contribution < -0.4 is 0 Å². The second-order valence-corrected chi connectivity index (χ2v) is 8.20. The normalized spacial score (nSPS) is 20.4. The molecule has 5 heteroatoms. The van der Waals surface area contributed by atoms with E-state index in [0.717, 1.165) is 68.7 Å². The fourth-order valence-electron chi connectivity index (χ4n) is 4.67. The van der Waals surface area contributed by atoms with Gasteiger partial charge in [0.05, 0.1) is 5.41 Å². The molecule has 4 nitrogen and oxygen atoms in total. The van der Waals surface area contributed by atoms with Gasteiger partial charge >= 0.3 is 0 Å². The maximum atomic E-state index is 13.5. The van der Waals surface area contributed by atoms with Crippen molar-refractivity contribution in [2.75, 3.05) is 13.1 Å². The van der Waals surface area contributed by atoms with Crippen molar-refractivity contribution in [2.45, 2.75) is 50.5 Å². The monoisotopic (exact) mass is 371 g/mol. The predicted molar refractivity (Wildman–Crippen MR) is 103 cm³/mol. The number of piperidine rings is 1. The zero-order chi connectivity index (χ0) is 18.0. The van der Waals surface area contributed by atoms with E-state index in [9.17, 15) is 4.79 Å². The molecule has 1 amide bonds. The largest absolute Gasteiger partial charge is 0.342 e. The third-order valence-electron chi connectivity index (χ3n) is 6.17. The van der Waals surface area contributed by atoms with E-state index in [4.69, 9.17) is 11.6 Å². The third-order valence-corrected chi connectivity index (χ3v) is 6.42. The first-order chi connectivity index (χ1) is 12.7. The topological polar surface area (TPSA) is 38.1 Å². The minimum Gasteiger partial charge on any atom is -0.342 e. The average Bonchev–Trinajstić information content (AvgIpc) is 3.35. The highest BCUT2D eigenvalue weighted by molar-refractivity contribution is 6.30. The summed E-state index contributed by atoms with van der Waals surface area (Å²) in [6, 6.07) is 9.90. The van der Waals surface area contributed by atoms with E-state index in [1.165, 1.54) is 0 Å². The van der Waals surface area contributed by atoms with E-state index >= 15 is 0 Å². The smallest absolute Gasteiger partial charge is 0.233 e. The quantitative estimate of drug-likeness (QED) is 0.804. The van der Waals surface area contributed by atoms with Gasteiger partial charge in [-0.25, -0.2) is 0 Å². The molecule has 1 saturated heterocycles. The van der Waals surface area contributed by atoms with Gasteiger partial charge in [0.2, 0.25) is 5.91 Å². The fraction of sp³-hybridized carbons (Fsp3) is 0.524. The maximum absolute atomic E-state index is 13.5. The summed E-state index contributed by atoms with van der Waals surface area (Å²) in [4.78, 5) is 15.6. The van der Waals surface area contributed by atoms with Crippen LogP contribution >= 0.6 is 11.6 Å². The van der Waals surface area contributed by atoms with Crippen LogP contribution in [-0.4, -0.2) is 33.7 Å². The number of carbonyl (C=O) groups excluding carboxylic acids is 1. The minimum absolute atomic E-state index is 0.329. The standard InChI is InChI=1S/C21H26ClN3O/c22-19-6-4-18(5-7-19)21(10-1-2-11-21)20(26)24-14-8-17(9-15-24)16-25-13-3-12-23-25/h3-7,12-13,17H,1-2,8-11,14-16H2. The zero-order valence-corrected chi connectivity index (χ0v) is 15.9. The van der Waals surface area contributed by atoms with Crippen LogP contribution in [0.2, 0.25) is 5.02 Å². The van der Waals surface area contributed by atoms with Crippen molar-refractivity contribution in [3.63, 3.8) is 0 Å². The number of hydrogen-bond donors (Lipinski definition) is 0. The molecule has 0 unspecified atom stereocenters. The molecular formula is C21H26ClN3O. The van der Waals surface area contributed by atoms with Crippen LogP contribution in [0.3, 0.4) is 0 Å². The molecule has 4 rings (SSSR count). The third kappa shape index (κ3) is 3.39. The highest BCUT2D eigenvalue weighted by atomic mass is 35.5. The number of amides is 1. The lowest BCUT2D eigenvalue weighted by Crippen LogP contribution is -2.48. The Bertz CT molecular complexity index is 727.